The van der Waals surface area contributed by atoms with E-state index in [1.54, 1.807) is 25.3 Å². The average Bonchev–Trinajstić information content (AvgIpc) is 2.42. The molecule has 1 aliphatic carbocycles. The number of hydrogen-bond acceptors (Lipinski definition) is 3. The number of anilines is 2. The summed E-state index contributed by atoms with van der Waals surface area (Å²) in [6, 6.07) is 5.29. The van der Waals surface area contributed by atoms with Crippen molar-refractivity contribution < 1.29 is 9.53 Å². The van der Waals surface area contributed by atoms with Crippen LogP contribution in [0.15, 0.2) is 18.2 Å². The van der Waals surface area contributed by atoms with Crippen LogP contribution in [0.4, 0.5) is 11.4 Å². The monoisotopic (exact) mass is 284 g/mol. The lowest BCUT2D eigenvalue weighted by atomic mass is 9.88. The Bertz CT molecular complexity index is 431. The second kappa shape index (κ2) is 7.24. The Hall–Kier alpha value is -1.42. The average molecular weight is 285 g/mol. The molecular formula is C14H21ClN2O2. The van der Waals surface area contributed by atoms with Gasteiger partial charge in [0.2, 0.25) is 5.91 Å². The fourth-order valence-electron chi connectivity index (χ4n) is 2.37. The van der Waals surface area contributed by atoms with E-state index in [9.17, 15) is 4.79 Å². The van der Waals surface area contributed by atoms with Crippen molar-refractivity contribution in [2.75, 3.05) is 18.2 Å². The molecule has 0 bridgehead atoms. The van der Waals surface area contributed by atoms with Crippen molar-refractivity contribution >= 4 is 29.7 Å². The first-order valence-corrected chi connectivity index (χ1v) is 6.45. The van der Waals surface area contributed by atoms with Gasteiger partial charge in [0.1, 0.15) is 5.75 Å². The van der Waals surface area contributed by atoms with Crippen molar-refractivity contribution in [3.8, 4) is 5.75 Å². The van der Waals surface area contributed by atoms with E-state index >= 15 is 0 Å². The van der Waals surface area contributed by atoms with E-state index in [-0.39, 0.29) is 24.2 Å². The Morgan fingerprint density at radius 1 is 1.32 bits per heavy atom. The Kier molecular flexibility index (Phi) is 5.96. The van der Waals surface area contributed by atoms with Crippen LogP contribution in [-0.2, 0) is 4.79 Å². The van der Waals surface area contributed by atoms with Gasteiger partial charge >= 0.3 is 0 Å². The number of benzene rings is 1. The molecule has 0 unspecified atom stereocenters. The van der Waals surface area contributed by atoms with Crippen LogP contribution < -0.4 is 15.8 Å². The van der Waals surface area contributed by atoms with E-state index in [0.29, 0.717) is 17.1 Å². The van der Waals surface area contributed by atoms with Gasteiger partial charge in [-0.05, 0) is 25.0 Å². The maximum atomic E-state index is 12.1. The molecule has 0 spiro atoms. The molecule has 0 heterocycles. The van der Waals surface area contributed by atoms with Crippen LogP contribution in [0.25, 0.3) is 0 Å². The molecule has 0 saturated heterocycles. The SMILES string of the molecule is COc1ccc(N)c(NC(=O)C2CCCCC2)c1.Cl. The summed E-state index contributed by atoms with van der Waals surface area (Å²) in [5.41, 5.74) is 7.06. The lowest BCUT2D eigenvalue weighted by Gasteiger charge is -2.21. The number of carbonyl (C=O) groups excluding carboxylic acids is 1. The van der Waals surface area contributed by atoms with E-state index in [4.69, 9.17) is 10.5 Å². The van der Waals surface area contributed by atoms with Gasteiger partial charge in [-0.15, -0.1) is 12.4 Å². The van der Waals surface area contributed by atoms with Crippen LogP contribution in [-0.4, -0.2) is 13.0 Å². The van der Waals surface area contributed by atoms with Gasteiger partial charge in [0, 0.05) is 12.0 Å². The number of hydrogen-bond donors (Lipinski definition) is 2. The van der Waals surface area contributed by atoms with Crippen LogP contribution >= 0.6 is 12.4 Å². The summed E-state index contributed by atoms with van der Waals surface area (Å²) in [6.07, 6.45) is 5.49. The molecule has 19 heavy (non-hydrogen) atoms. The summed E-state index contributed by atoms with van der Waals surface area (Å²) in [7, 11) is 1.60. The lowest BCUT2D eigenvalue weighted by Crippen LogP contribution is -2.25. The molecule has 1 aliphatic rings. The number of halogens is 1. The molecule has 5 heteroatoms. The summed E-state index contributed by atoms with van der Waals surface area (Å²) in [4.78, 5) is 12.1. The second-order valence-corrected chi connectivity index (χ2v) is 4.78. The Morgan fingerprint density at radius 2 is 2.00 bits per heavy atom. The van der Waals surface area contributed by atoms with Gasteiger partial charge in [-0.1, -0.05) is 19.3 Å². The number of amides is 1. The van der Waals surface area contributed by atoms with Crippen LogP contribution in [0.2, 0.25) is 0 Å². The van der Waals surface area contributed by atoms with Gasteiger partial charge in [-0.3, -0.25) is 4.79 Å². The van der Waals surface area contributed by atoms with Gasteiger partial charge in [-0.2, -0.15) is 0 Å². The molecule has 4 nitrogen and oxygen atoms in total. The van der Waals surface area contributed by atoms with Crippen LogP contribution in [0.3, 0.4) is 0 Å². The first-order valence-electron chi connectivity index (χ1n) is 6.45. The molecule has 0 aromatic heterocycles. The molecule has 1 fully saturated rings. The number of ether oxygens (including phenoxy) is 1. The van der Waals surface area contributed by atoms with Crippen molar-refractivity contribution in [2.45, 2.75) is 32.1 Å². The zero-order chi connectivity index (χ0) is 13.0. The van der Waals surface area contributed by atoms with Gasteiger partial charge in [0.15, 0.2) is 0 Å². The van der Waals surface area contributed by atoms with Crippen molar-refractivity contribution in [1.82, 2.24) is 0 Å². The predicted octanol–water partition coefficient (Wildman–Crippen LogP) is 3.22. The third kappa shape index (κ3) is 4.03. The predicted molar refractivity (Wildman–Crippen MR) is 79.9 cm³/mol. The number of nitrogens with one attached hydrogen (secondary N) is 1. The summed E-state index contributed by atoms with van der Waals surface area (Å²) < 4.78 is 5.13. The molecule has 2 rings (SSSR count). The number of carbonyl (C=O) groups is 1. The second-order valence-electron chi connectivity index (χ2n) is 4.78. The Morgan fingerprint density at radius 3 is 2.63 bits per heavy atom. The summed E-state index contributed by atoms with van der Waals surface area (Å²) in [5.74, 6) is 0.905. The minimum absolute atomic E-state index is 0. The van der Waals surface area contributed by atoms with E-state index < -0.39 is 0 Å². The highest BCUT2D eigenvalue weighted by atomic mass is 35.5. The molecule has 0 aliphatic heterocycles. The number of nitrogens with two attached hydrogens (primary N) is 1. The van der Waals surface area contributed by atoms with Crippen LogP contribution in [0, 0.1) is 5.92 Å². The molecule has 0 atom stereocenters. The molecule has 1 amide bonds. The highest BCUT2D eigenvalue weighted by Gasteiger charge is 2.21. The van der Waals surface area contributed by atoms with E-state index in [1.807, 2.05) is 0 Å². The first kappa shape index (κ1) is 15.6. The molecule has 106 valence electrons. The van der Waals surface area contributed by atoms with Crippen molar-refractivity contribution in [2.24, 2.45) is 5.92 Å². The summed E-state index contributed by atoms with van der Waals surface area (Å²) in [5, 5.41) is 2.91. The smallest absolute Gasteiger partial charge is 0.227 e. The zero-order valence-electron chi connectivity index (χ0n) is 11.1. The normalized spacial score (nSPS) is 15.4. The maximum Gasteiger partial charge on any atom is 0.227 e. The largest absolute Gasteiger partial charge is 0.497 e. The third-order valence-electron chi connectivity index (χ3n) is 3.49. The van der Waals surface area contributed by atoms with Crippen molar-refractivity contribution in [3.05, 3.63) is 18.2 Å². The summed E-state index contributed by atoms with van der Waals surface area (Å²) in [6.45, 7) is 0. The van der Waals surface area contributed by atoms with Gasteiger partial charge in [0.25, 0.3) is 0 Å². The Labute approximate surface area is 120 Å². The minimum Gasteiger partial charge on any atom is -0.497 e. The zero-order valence-corrected chi connectivity index (χ0v) is 12.0. The standard InChI is InChI=1S/C14H20N2O2.ClH/c1-18-11-7-8-12(15)13(9-11)16-14(17)10-5-3-2-4-6-10;/h7-10H,2-6,15H2,1H3,(H,16,17);1H. The van der Waals surface area contributed by atoms with Gasteiger partial charge < -0.3 is 15.8 Å². The maximum absolute atomic E-state index is 12.1. The first-order chi connectivity index (χ1) is 8.70. The topological polar surface area (TPSA) is 64.3 Å². The molecule has 1 saturated carbocycles. The summed E-state index contributed by atoms with van der Waals surface area (Å²) >= 11 is 0. The number of nitrogen functional groups attached to an aromatic ring is 1. The minimum atomic E-state index is 0. The molecule has 0 radical (unpaired) electrons. The van der Waals surface area contributed by atoms with E-state index in [2.05, 4.69) is 5.32 Å². The number of methoxy groups -OCH3 is 1. The molecular weight excluding hydrogens is 264 g/mol. The Balaban J connectivity index is 0.00000180. The van der Waals surface area contributed by atoms with Gasteiger partial charge in [-0.25, -0.2) is 0 Å². The molecule has 1 aromatic rings. The molecule has 3 N–H and O–H groups in total. The highest BCUT2D eigenvalue weighted by molar-refractivity contribution is 5.95. The lowest BCUT2D eigenvalue weighted by molar-refractivity contribution is -0.120. The van der Waals surface area contributed by atoms with Crippen molar-refractivity contribution in [1.29, 1.82) is 0 Å². The van der Waals surface area contributed by atoms with E-state index in [1.165, 1.54) is 6.42 Å². The third-order valence-corrected chi connectivity index (χ3v) is 3.49. The highest BCUT2D eigenvalue weighted by Crippen LogP contribution is 2.28. The number of rotatable bonds is 3. The molecule has 1 aromatic carbocycles. The van der Waals surface area contributed by atoms with Crippen molar-refractivity contribution in [3.63, 3.8) is 0 Å². The fraction of sp³-hybridized carbons (Fsp3) is 0.500. The van der Waals surface area contributed by atoms with Crippen LogP contribution in [0.5, 0.6) is 5.75 Å². The van der Waals surface area contributed by atoms with Gasteiger partial charge in [0.05, 0.1) is 18.5 Å². The van der Waals surface area contributed by atoms with Crippen LogP contribution in [0.1, 0.15) is 32.1 Å². The van der Waals surface area contributed by atoms with E-state index in [0.717, 1.165) is 25.7 Å². The fourth-order valence-corrected chi connectivity index (χ4v) is 2.37. The quantitative estimate of drug-likeness (QED) is 0.838.